The summed E-state index contributed by atoms with van der Waals surface area (Å²) in [6.07, 6.45) is 0.0763. The molecule has 0 saturated heterocycles. The van der Waals surface area contributed by atoms with E-state index in [4.69, 9.17) is 10.8 Å². The molecule has 0 aliphatic heterocycles. The van der Waals surface area contributed by atoms with Crippen LogP contribution in [0.2, 0.25) is 0 Å². The lowest BCUT2D eigenvalue weighted by atomic mass is 9.96. The molecule has 1 aromatic rings. The van der Waals surface area contributed by atoms with Crippen LogP contribution in [0.15, 0.2) is 28.7 Å². The molecule has 1 rings (SSSR count). The van der Waals surface area contributed by atoms with Crippen LogP contribution < -0.4 is 5.73 Å². The van der Waals surface area contributed by atoms with E-state index in [9.17, 15) is 4.79 Å². The molecule has 3 N–H and O–H groups in total. The summed E-state index contributed by atoms with van der Waals surface area (Å²) in [7, 11) is 0. The minimum Gasteiger partial charge on any atom is -0.481 e. The summed E-state index contributed by atoms with van der Waals surface area (Å²) >= 11 is 3.34. The molecular formula is C10H12BrNO2. The Balaban J connectivity index is 2.83. The third-order valence-corrected chi connectivity index (χ3v) is 2.52. The van der Waals surface area contributed by atoms with Gasteiger partial charge in [-0.15, -0.1) is 0 Å². The number of hydrogen-bond donors (Lipinski definition) is 2. The summed E-state index contributed by atoms with van der Waals surface area (Å²) in [5.41, 5.74) is 6.49. The lowest BCUT2D eigenvalue weighted by molar-refractivity contribution is -0.137. The topological polar surface area (TPSA) is 63.3 Å². The molecule has 0 fully saturated rings. The SMILES string of the molecule is NC[C@H](CC(=O)O)c1cccc(Br)c1. The highest BCUT2D eigenvalue weighted by Crippen LogP contribution is 2.21. The predicted molar refractivity (Wildman–Crippen MR) is 58.2 cm³/mol. The number of nitrogens with two attached hydrogens (primary N) is 1. The maximum Gasteiger partial charge on any atom is 0.304 e. The molecule has 0 saturated carbocycles. The van der Waals surface area contributed by atoms with E-state index >= 15 is 0 Å². The standard InChI is InChI=1S/C10H12BrNO2/c11-9-3-1-2-7(4-9)8(6-12)5-10(13)14/h1-4,8H,5-6,12H2,(H,13,14)/t8-/m0/s1. The van der Waals surface area contributed by atoms with Crippen molar-refractivity contribution in [3.8, 4) is 0 Å². The van der Waals surface area contributed by atoms with Crippen molar-refractivity contribution in [1.29, 1.82) is 0 Å². The quantitative estimate of drug-likeness (QED) is 0.867. The van der Waals surface area contributed by atoms with Gasteiger partial charge in [-0.25, -0.2) is 0 Å². The molecule has 0 bridgehead atoms. The van der Waals surface area contributed by atoms with E-state index in [1.165, 1.54) is 0 Å². The second-order valence-corrected chi connectivity index (χ2v) is 4.00. The molecule has 76 valence electrons. The molecule has 0 spiro atoms. The van der Waals surface area contributed by atoms with Crippen LogP contribution in [0.5, 0.6) is 0 Å². The van der Waals surface area contributed by atoms with Crippen molar-refractivity contribution in [3.05, 3.63) is 34.3 Å². The summed E-state index contributed by atoms with van der Waals surface area (Å²) in [5.74, 6) is -0.926. The summed E-state index contributed by atoms with van der Waals surface area (Å²) in [4.78, 5) is 10.6. The Morgan fingerprint density at radius 3 is 2.79 bits per heavy atom. The number of aliphatic carboxylic acids is 1. The number of carboxylic acid groups (broad SMARTS) is 1. The smallest absolute Gasteiger partial charge is 0.304 e. The van der Waals surface area contributed by atoms with Gasteiger partial charge in [0.2, 0.25) is 0 Å². The van der Waals surface area contributed by atoms with Crippen molar-refractivity contribution >= 4 is 21.9 Å². The predicted octanol–water partition coefficient (Wildman–Crippen LogP) is 1.97. The van der Waals surface area contributed by atoms with Crippen molar-refractivity contribution in [2.45, 2.75) is 12.3 Å². The van der Waals surface area contributed by atoms with Gasteiger partial charge in [-0.2, -0.15) is 0 Å². The number of carboxylic acids is 1. The molecule has 4 heteroatoms. The van der Waals surface area contributed by atoms with Gasteiger partial charge in [-0.3, -0.25) is 4.79 Å². The molecular weight excluding hydrogens is 246 g/mol. The number of rotatable bonds is 4. The fraction of sp³-hybridized carbons (Fsp3) is 0.300. The third kappa shape index (κ3) is 3.12. The first-order chi connectivity index (χ1) is 6.63. The fourth-order valence-electron chi connectivity index (χ4n) is 1.31. The highest BCUT2D eigenvalue weighted by atomic mass is 79.9. The van der Waals surface area contributed by atoms with Gasteiger partial charge in [-0.05, 0) is 24.2 Å². The van der Waals surface area contributed by atoms with E-state index in [0.29, 0.717) is 6.54 Å². The van der Waals surface area contributed by atoms with E-state index in [0.717, 1.165) is 10.0 Å². The van der Waals surface area contributed by atoms with Crippen LogP contribution in [-0.4, -0.2) is 17.6 Å². The van der Waals surface area contributed by atoms with E-state index in [1.807, 2.05) is 24.3 Å². The molecule has 0 heterocycles. The van der Waals surface area contributed by atoms with Gasteiger partial charge < -0.3 is 10.8 Å². The van der Waals surface area contributed by atoms with Crippen LogP contribution >= 0.6 is 15.9 Å². The van der Waals surface area contributed by atoms with Crippen molar-refractivity contribution < 1.29 is 9.90 Å². The van der Waals surface area contributed by atoms with Crippen LogP contribution in [0.1, 0.15) is 17.9 Å². The zero-order valence-corrected chi connectivity index (χ0v) is 9.20. The molecule has 1 aromatic carbocycles. The Morgan fingerprint density at radius 1 is 1.57 bits per heavy atom. The lowest BCUT2D eigenvalue weighted by Gasteiger charge is -2.12. The highest BCUT2D eigenvalue weighted by molar-refractivity contribution is 9.10. The highest BCUT2D eigenvalue weighted by Gasteiger charge is 2.13. The Bertz CT molecular complexity index is 328. The molecule has 14 heavy (non-hydrogen) atoms. The monoisotopic (exact) mass is 257 g/mol. The van der Waals surface area contributed by atoms with Gasteiger partial charge in [-0.1, -0.05) is 28.1 Å². The summed E-state index contributed by atoms with van der Waals surface area (Å²) in [6.45, 7) is 0.350. The molecule has 0 unspecified atom stereocenters. The Labute approximate surface area is 91.1 Å². The third-order valence-electron chi connectivity index (χ3n) is 2.03. The van der Waals surface area contributed by atoms with Crippen molar-refractivity contribution in [3.63, 3.8) is 0 Å². The number of benzene rings is 1. The van der Waals surface area contributed by atoms with Gasteiger partial charge in [0.25, 0.3) is 0 Å². The minimum atomic E-state index is -0.819. The number of carbonyl (C=O) groups is 1. The van der Waals surface area contributed by atoms with E-state index < -0.39 is 5.97 Å². The Morgan fingerprint density at radius 2 is 2.29 bits per heavy atom. The largest absolute Gasteiger partial charge is 0.481 e. The normalized spacial score (nSPS) is 12.4. The molecule has 0 amide bonds. The second kappa shape index (κ2) is 5.12. The van der Waals surface area contributed by atoms with Gasteiger partial charge in [0, 0.05) is 10.4 Å². The summed E-state index contributed by atoms with van der Waals surface area (Å²) in [5, 5.41) is 8.68. The van der Waals surface area contributed by atoms with Gasteiger partial charge in [0.15, 0.2) is 0 Å². The first-order valence-corrected chi connectivity index (χ1v) is 5.10. The van der Waals surface area contributed by atoms with Gasteiger partial charge in [0.1, 0.15) is 0 Å². The molecule has 0 aliphatic rings. The number of halogens is 1. The zero-order chi connectivity index (χ0) is 10.6. The molecule has 1 atom stereocenters. The molecule has 0 aromatic heterocycles. The van der Waals surface area contributed by atoms with E-state index in [-0.39, 0.29) is 12.3 Å². The maximum atomic E-state index is 10.6. The number of hydrogen-bond acceptors (Lipinski definition) is 2. The first kappa shape index (κ1) is 11.2. The van der Waals surface area contributed by atoms with Crippen molar-refractivity contribution in [1.82, 2.24) is 0 Å². The second-order valence-electron chi connectivity index (χ2n) is 3.09. The fourth-order valence-corrected chi connectivity index (χ4v) is 1.73. The van der Waals surface area contributed by atoms with Crippen LogP contribution in [0, 0.1) is 0 Å². The van der Waals surface area contributed by atoms with E-state index in [2.05, 4.69) is 15.9 Å². The zero-order valence-electron chi connectivity index (χ0n) is 7.61. The molecule has 0 radical (unpaired) electrons. The first-order valence-electron chi connectivity index (χ1n) is 4.31. The lowest BCUT2D eigenvalue weighted by Crippen LogP contribution is -2.16. The summed E-state index contributed by atoms with van der Waals surface area (Å²) < 4.78 is 0.943. The van der Waals surface area contributed by atoms with Gasteiger partial charge in [0.05, 0.1) is 6.42 Å². The summed E-state index contributed by atoms with van der Waals surface area (Å²) in [6, 6.07) is 7.58. The average Bonchev–Trinajstić information content (AvgIpc) is 2.14. The Kier molecular flexibility index (Phi) is 4.10. The van der Waals surface area contributed by atoms with Crippen molar-refractivity contribution in [2.75, 3.05) is 6.54 Å². The van der Waals surface area contributed by atoms with Crippen LogP contribution in [0.4, 0.5) is 0 Å². The average molecular weight is 258 g/mol. The van der Waals surface area contributed by atoms with Crippen molar-refractivity contribution in [2.24, 2.45) is 5.73 Å². The van der Waals surface area contributed by atoms with Crippen LogP contribution in [0.3, 0.4) is 0 Å². The Hall–Kier alpha value is -0.870. The van der Waals surface area contributed by atoms with Crippen LogP contribution in [0.25, 0.3) is 0 Å². The van der Waals surface area contributed by atoms with E-state index in [1.54, 1.807) is 0 Å². The molecule has 0 aliphatic carbocycles. The maximum absolute atomic E-state index is 10.6. The van der Waals surface area contributed by atoms with Gasteiger partial charge >= 0.3 is 5.97 Å². The minimum absolute atomic E-state index is 0.0763. The molecule has 3 nitrogen and oxygen atoms in total. The van der Waals surface area contributed by atoms with Crippen LogP contribution in [-0.2, 0) is 4.79 Å².